The SMILES string of the molecule is O=C(NCc1ccc(-c2nc(C(=O)N3CCOCC3)co2)cc1)C(F)c1ccccc1. The molecule has 1 unspecified atom stereocenters. The van der Waals surface area contributed by atoms with Crippen LogP contribution in [0.5, 0.6) is 0 Å². The molecule has 0 spiro atoms. The van der Waals surface area contributed by atoms with Gasteiger partial charge in [-0.1, -0.05) is 42.5 Å². The number of morpholine rings is 1. The second-order valence-electron chi connectivity index (χ2n) is 7.13. The first kappa shape index (κ1) is 20.7. The van der Waals surface area contributed by atoms with Crippen LogP contribution in [-0.4, -0.2) is 48.0 Å². The summed E-state index contributed by atoms with van der Waals surface area (Å²) in [7, 11) is 0. The van der Waals surface area contributed by atoms with Gasteiger partial charge >= 0.3 is 0 Å². The summed E-state index contributed by atoms with van der Waals surface area (Å²) in [5.74, 6) is -0.536. The average molecular weight is 423 g/mol. The monoisotopic (exact) mass is 423 g/mol. The topological polar surface area (TPSA) is 84.7 Å². The van der Waals surface area contributed by atoms with Gasteiger partial charge in [0, 0.05) is 25.2 Å². The van der Waals surface area contributed by atoms with Gasteiger partial charge in [-0.3, -0.25) is 9.59 Å². The molecule has 1 aliphatic heterocycles. The van der Waals surface area contributed by atoms with E-state index in [0.717, 1.165) is 5.56 Å². The van der Waals surface area contributed by atoms with Crippen LogP contribution in [0.1, 0.15) is 27.8 Å². The maximum absolute atomic E-state index is 14.2. The lowest BCUT2D eigenvalue weighted by Crippen LogP contribution is -2.40. The van der Waals surface area contributed by atoms with Gasteiger partial charge in [-0.2, -0.15) is 0 Å². The fourth-order valence-electron chi connectivity index (χ4n) is 3.25. The molecule has 0 aliphatic carbocycles. The zero-order valence-electron chi connectivity index (χ0n) is 16.8. The van der Waals surface area contributed by atoms with Gasteiger partial charge in [-0.25, -0.2) is 9.37 Å². The number of hydrogen-bond donors (Lipinski definition) is 1. The molecule has 2 amide bonds. The summed E-state index contributed by atoms with van der Waals surface area (Å²) in [5.41, 5.74) is 2.07. The van der Waals surface area contributed by atoms with Gasteiger partial charge in [0.2, 0.25) is 12.1 Å². The largest absolute Gasteiger partial charge is 0.444 e. The number of carbonyl (C=O) groups excluding carboxylic acids is 2. The van der Waals surface area contributed by atoms with E-state index >= 15 is 0 Å². The average Bonchev–Trinajstić information content (AvgIpc) is 3.33. The number of alkyl halides is 1. The molecule has 7 nitrogen and oxygen atoms in total. The third-order valence-electron chi connectivity index (χ3n) is 5.01. The summed E-state index contributed by atoms with van der Waals surface area (Å²) < 4.78 is 25.0. The third-order valence-corrected chi connectivity index (χ3v) is 5.01. The number of nitrogens with one attached hydrogen (secondary N) is 1. The Bertz CT molecular complexity index is 1030. The Morgan fingerprint density at radius 2 is 1.77 bits per heavy atom. The Labute approximate surface area is 178 Å². The van der Waals surface area contributed by atoms with E-state index in [-0.39, 0.29) is 18.1 Å². The lowest BCUT2D eigenvalue weighted by Gasteiger charge is -2.25. The van der Waals surface area contributed by atoms with Gasteiger partial charge in [0.15, 0.2) is 5.69 Å². The number of amides is 2. The third kappa shape index (κ3) is 4.97. The van der Waals surface area contributed by atoms with Gasteiger partial charge in [-0.15, -0.1) is 0 Å². The predicted octanol–water partition coefficient (Wildman–Crippen LogP) is 3.14. The first-order chi connectivity index (χ1) is 15.1. The number of aromatic nitrogens is 1. The van der Waals surface area contributed by atoms with Gasteiger partial charge < -0.3 is 19.4 Å². The van der Waals surface area contributed by atoms with E-state index in [1.54, 1.807) is 59.5 Å². The molecule has 1 fully saturated rings. The molecule has 1 aromatic heterocycles. The van der Waals surface area contributed by atoms with Gasteiger partial charge in [0.05, 0.1) is 13.2 Å². The molecule has 1 N–H and O–H groups in total. The summed E-state index contributed by atoms with van der Waals surface area (Å²) >= 11 is 0. The molecule has 8 heteroatoms. The number of benzene rings is 2. The summed E-state index contributed by atoms with van der Waals surface area (Å²) in [4.78, 5) is 30.5. The molecule has 31 heavy (non-hydrogen) atoms. The molecule has 160 valence electrons. The lowest BCUT2D eigenvalue weighted by molar-refractivity contribution is -0.126. The summed E-state index contributed by atoms with van der Waals surface area (Å²) in [5, 5.41) is 2.60. The number of ether oxygens (including phenoxy) is 1. The maximum atomic E-state index is 14.2. The standard InChI is InChI=1S/C23H22FN3O4/c24-20(17-4-2-1-3-5-17)21(28)25-14-16-6-8-18(9-7-16)22-26-19(15-31-22)23(29)27-10-12-30-13-11-27/h1-9,15,20H,10-14H2,(H,25,28). The molecule has 2 aromatic carbocycles. The highest BCUT2D eigenvalue weighted by atomic mass is 19.1. The van der Waals surface area contributed by atoms with Crippen molar-refractivity contribution < 1.29 is 23.1 Å². The zero-order chi connectivity index (χ0) is 21.6. The summed E-state index contributed by atoms with van der Waals surface area (Å²) in [6, 6.07) is 15.4. The maximum Gasteiger partial charge on any atom is 0.275 e. The van der Waals surface area contributed by atoms with Gasteiger partial charge in [0.25, 0.3) is 11.8 Å². The second kappa shape index (κ2) is 9.53. The van der Waals surface area contributed by atoms with Crippen LogP contribution >= 0.6 is 0 Å². The number of rotatable bonds is 6. The van der Waals surface area contributed by atoms with Crippen molar-refractivity contribution in [3.8, 4) is 11.5 Å². The van der Waals surface area contributed by atoms with Crippen LogP contribution in [0.25, 0.3) is 11.5 Å². The van der Waals surface area contributed by atoms with E-state index < -0.39 is 12.1 Å². The Kier molecular flexibility index (Phi) is 6.37. The normalized spacial score (nSPS) is 14.8. The van der Waals surface area contributed by atoms with E-state index in [9.17, 15) is 14.0 Å². The number of halogens is 1. The van der Waals surface area contributed by atoms with Crippen LogP contribution in [0.4, 0.5) is 4.39 Å². The van der Waals surface area contributed by atoms with Crippen LogP contribution in [0.3, 0.4) is 0 Å². The molecule has 4 rings (SSSR count). The minimum absolute atomic E-state index is 0.183. The van der Waals surface area contributed by atoms with E-state index in [1.807, 2.05) is 0 Å². The van der Waals surface area contributed by atoms with Crippen molar-refractivity contribution in [2.45, 2.75) is 12.7 Å². The highest BCUT2D eigenvalue weighted by Gasteiger charge is 2.22. The molecular weight excluding hydrogens is 401 g/mol. The molecule has 1 saturated heterocycles. The van der Waals surface area contributed by atoms with Crippen LogP contribution in [0.2, 0.25) is 0 Å². The van der Waals surface area contributed by atoms with E-state index in [1.165, 1.54) is 6.26 Å². The van der Waals surface area contributed by atoms with Crippen LogP contribution in [0, 0.1) is 0 Å². The summed E-state index contributed by atoms with van der Waals surface area (Å²) in [6.07, 6.45) is -0.359. The fraction of sp³-hybridized carbons (Fsp3) is 0.261. The number of nitrogens with zero attached hydrogens (tertiary/aromatic N) is 2. The van der Waals surface area contributed by atoms with Crippen LogP contribution in [-0.2, 0) is 16.1 Å². The quantitative estimate of drug-likeness (QED) is 0.659. The first-order valence-electron chi connectivity index (χ1n) is 10.0. The van der Waals surface area contributed by atoms with E-state index in [2.05, 4.69) is 10.3 Å². The van der Waals surface area contributed by atoms with E-state index in [4.69, 9.17) is 9.15 Å². The van der Waals surface area contributed by atoms with Crippen molar-refractivity contribution >= 4 is 11.8 Å². The number of carbonyl (C=O) groups is 2. The molecule has 1 atom stereocenters. The molecule has 0 saturated carbocycles. The van der Waals surface area contributed by atoms with Crippen molar-refractivity contribution in [3.63, 3.8) is 0 Å². The van der Waals surface area contributed by atoms with Gasteiger partial charge in [0.1, 0.15) is 6.26 Å². The Morgan fingerprint density at radius 3 is 2.48 bits per heavy atom. The minimum Gasteiger partial charge on any atom is -0.444 e. The lowest BCUT2D eigenvalue weighted by atomic mass is 10.1. The van der Waals surface area contributed by atoms with Crippen molar-refractivity contribution in [2.24, 2.45) is 0 Å². The Balaban J connectivity index is 1.35. The van der Waals surface area contributed by atoms with Crippen LogP contribution < -0.4 is 5.32 Å². The highest BCUT2D eigenvalue weighted by molar-refractivity contribution is 5.92. The van der Waals surface area contributed by atoms with Gasteiger partial charge in [-0.05, 0) is 23.3 Å². The number of oxazole rings is 1. The van der Waals surface area contributed by atoms with Crippen molar-refractivity contribution in [1.82, 2.24) is 15.2 Å². The molecule has 0 bridgehead atoms. The zero-order valence-corrected chi connectivity index (χ0v) is 16.8. The molecule has 2 heterocycles. The smallest absolute Gasteiger partial charge is 0.275 e. The van der Waals surface area contributed by atoms with Crippen molar-refractivity contribution in [2.75, 3.05) is 26.3 Å². The Morgan fingerprint density at radius 1 is 1.06 bits per heavy atom. The minimum atomic E-state index is -1.71. The van der Waals surface area contributed by atoms with Crippen LogP contribution in [0.15, 0.2) is 65.3 Å². The molecule has 3 aromatic rings. The molecule has 1 aliphatic rings. The number of hydrogen-bond acceptors (Lipinski definition) is 5. The molecule has 0 radical (unpaired) electrons. The summed E-state index contributed by atoms with van der Waals surface area (Å²) in [6.45, 7) is 2.29. The predicted molar refractivity (Wildman–Crippen MR) is 111 cm³/mol. The highest BCUT2D eigenvalue weighted by Crippen LogP contribution is 2.21. The fourth-order valence-corrected chi connectivity index (χ4v) is 3.25. The van der Waals surface area contributed by atoms with Crippen molar-refractivity contribution in [3.05, 3.63) is 77.7 Å². The first-order valence-corrected chi connectivity index (χ1v) is 10.0. The second-order valence-corrected chi connectivity index (χ2v) is 7.13. The van der Waals surface area contributed by atoms with E-state index in [0.29, 0.717) is 43.3 Å². The van der Waals surface area contributed by atoms with Crippen molar-refractivity contribution in [1.29, 1.82) is 0 Å². The molecular formula is C23H22FN3O4. The Hall–Kier alpha value is -3.52.